The number of fused-ring (bicyclic) bond motifs is 1. The predicted octanol–water partition coefficient (Wildman–Crippen LogP) is 2.75. The van der Waals surface area contributed by atoms with Gasteiger partial charge in [0.1, 0.15) is 10.7 Å². The topological polar surface area (TPSA) is 75.0 Å². The molecule has 0 bridgehead atoms. The van der Waals surface area contributed by atoms with Gasteiger partial charge in [-0.05, 0) is 35.9 Å². The Bertz CT molecular complexity index is 983. The molecule has 1 aliphatic heterocycles. The van der Waals surface area contributed by atoms with Crippen molar-refractivity contribution in [1.29, 1.82) is 5.26 Å². The highest BCUT2D eigenvalue weighted by Gasteiger charge is 2.35. The number of Topliss-reactive ketones (excluding diaryl/α,β-unsaturated/α-hetero) is 1. The van der Waals surface area contributed by atoms with Crippen LogP contribution in [0.2, 0.25) is 0 Å². The highest BCUT2D eigenvalue weighted by atomic mass is 32.2. The molecule has 2 aromatic carbocycles. The fourth-order valence-electron chi connectivity index (χ4n) is 2.48. The second-order valence-corrected chi connectivity index (χ2v) is 7.03. The van der Waals surface area contributed by atoms with Crippen molar-refractivity contribution in [2.24, 2.45) is 0 Å². The summed E-state index contributed by atoms with van der Waals surface area (Å²) in [5.41, 5.74) is 0.994. The van der Waals surface area contributed by atoms with Gasteiger partial charge in [0.25, 0.3) is 0 Å². The van der Waals surface area contributed by atoms with Crippen LogP contribution in [0.1, 0.15) is 21.5 Å². The lowest BCUT2D eigenvalue weighted by Crippen LogP contribution is -2.25. The lowest BCUT2D eigenvalue weighted by atomic mass is 10.0. The maximum absolute atomic E-state index is 13.8. The number of rotatable bonds is 1. The van der Waals surface area contributed by atoms with Gasteiger partial charge in [0.15, 0.2) is 15.6 Å². The molecular formula is C17H10FNO3S. The van der Waals surface area contributed by atoms with Crippen LogP contribution >= 0.6 is 0 Å². The maximum atomic E-state index is 13.8. The standard InChI is InChI=1S/C17H10FNO3S/c18-15-3-1-2-14-16(20)13(10-23(21,22)17(14)15)8-11-4-6-12(9-19)7-5-11/h1-8H,10H2. The van der Waals surface area contributed by atoms with Crippen molar-refractivity contribution in [2.75, 3.05) is 5.75 Å². The molecule has 0 aliphatic carbocycles. The van der Waals surface area contributed by atoms with Gasteiger partial charge >= 0.3 is 0 Å². The number of ketones is 1. The second-order valence-electron chi connectivity index (χ2n) is 5.11. The Balaban J connectivity index is 2.11. The van der Waals surface area contributed by atoms with Gasteiger partial charge in [0.05, 0.1) is 17.4 Å². The Morgan fingerprint density at radius 2 is 1.83 bits per heavy atom. The predicted molar refractivity (Wildman–Crippen MR) is 81.9 cm³/mol. The van der Waals surface area contributed by atoms with Crippen LogP contribution in [0.5, 0.6) is 0 Å². The van der Waals surface area contributed by atoms with Gasteiger partial charge in [-0.25, -0.2) is 12.8 Å². The minimum atomic E-state index is -3.90. The quantitative estimate of drug-likeness (QED) is 0.755. The van der Waals surface area contributed by atoms with E-state index in [1.807, 2.05) is 6.07 Å². The number of hydrogen-bond acceptors (Lipinski definition) is 4. The van der Waals surface area contributed by atoms with E-state index in [0.29, 0.717) is 11.1 Å². The number of hydrogen-bond donors (Lipinski definition) is 0. The van der Waals surface area contributed by atoms with Crippen molar-refractivity contribution in [1.82, 2.24) is 0 Å². The summed E-state index contributed by atoms with van der Waals surface area (Å²) in [6, 6.07) is 12.0. The Morgan fingerprint density at radius 3 is 2.48 bits per heavy atom. The van der Waals surface area contributed by atoms with E-state index in [-0.39, 0.29) is 11.1 Å². The molecule has 0 unspecified atom stereocenters. The molecule has 0 atom stereocenters. The highest BCUT2D eigenvalue weighted by molar-refractivity contribution is 7.91. The molecule has 0 amide bonds. The monoisotopic (exact) mass is 327 g/mol. The van der Waals surface area contributed by atoms with Crippen molar-refractivity contribution in [3.05, 3.63) is 70.5 Å². The first-order chi connectivity index (χ1) is 10.9. The molecule has 0 spiro atoms. The van der Waals surface area contributed by atoms with Gasteiger partial charge in [-0.2, -0.15) is 5.26 Å². The number of carbonyl (C=O) groups is 1. The summed E-state index contributed by atoms with van der Waals surface area (Å²) in [7, 11) is -3.90. The largest absolute Gasteiger partial charge is 0.289 e. The van der Waals surface area contributed by atoms with E-state index in [1.165, 1.54) is 18.2 Å². The summed E-state index contributed by atoms with van der Waals surface area (Å²) in [4.78, 5) is 11.9. The zero-order chi connectivity index (χ0) is 16.6. The molecule has 6 heteroatoms. The molecule has 1 heterocycles. The van der Waals surface area contributed by atoms with Crippen molar-refractivity contribution in [3.63, 3.8) is 0 Å². The fraction of sp³-hybridized carbons (Fsp3) is 0.0588. The van der Waals surface area contributed by atoms with Crippen LogP contribution in [0.4, 0.5) is 4.39 Å². The minimum absolute atomic E-state index is 0.0767. The molecule has 0 fully saturated rings. The summed E-state index contributed by atoms with van der Waals surface area (Å²) in [6.45, 7) is 0. The molecule has 0 radical (unpaired) electrons. The molecule has 3 rings (SSSR count). The Labute approximate surface area is 132 Å². The lowest BCUT2D eigenvalue weighted by Gasteiger charge is -2.18. The fourth-order valence-corrected chi connectivity index (χ4v) is 4.11. The van der Waals surface area contributed by atoms with Crippen molar-refractivity contribution in [3.8, 4) is 6.07 Å². The van der Waals surface area contributed by atoms with Crippen LogP contribution < -0.4 is 0 Å². The molecular weight excluding hydrogens is 317 g/mol. The number of nitriles is 1. The Kier molecular flexibility index (Phi) is 3.58. The third-order valence-corrected chi connectivity index (χ3v) is 5.27. The van der Waals surface area contributed by atoms with Gasteiger partial charge in [0.2, 0.25) is 0 Å². The summed E-state index contributed by atoms with van der Waals surface area (Å²) >= 11 is 0. The summed E-state index contributed by atoms with van der Waals surface area (Å²) in [5, 5.41) is 8.76. The number of halogens is 1. The summed E-state index contributed by atoms with van der Waals surface area (Å²) in [6.07, 6.45) is 1.45. The molecule has 114 valence electrons. The molecule has 0 saturated carbocycles. The summed E-state index contributed by atoms with van der Waals surface area (Å²) < 4.78 is 38.3. The zero-order valence-corrected chi connectivity index (χ0v) is 12.6. The van der Waals surface area contributed by atoms with E-state index in [1.54, 1.807) is 24.3 Å². The first-order valence-corrected chi connectivity index (χ1v) is 8.34. The average molecular weight is 327 g/mol. The van der Waals surface area contributed by atoms with E-state index >= 15 is 0 Å². The van der Waals surface area contributed by atoms with Crippen molar-refractivity contribution < 1.29 is 17.6 Å². The van der Waals surface area contributed by atoms with Gasteiger partial charge in [0, 0.05) is 11.1 Å². The first kappa shape index (κ1) is 15.1. The number of nitrogens with zero attached hydrogens (tertiary/aromatic N) is 1. The van der Waals surface area contributed by atoms with E-state index < -0.39 is 32.1 Å². The van der Waals surface area contributed by atoms with Crippen LogP contribution in [0.15, 0.2) is 52.9 Å². The first-order valence-electron chi connectivity index (χ1n) is 6.69. The molecule has 4 nitrogen and oxygen atoms in total. The van der Waals surface area contributed by atoms with Crippen LogP contribution in [0, 0.1) is 17.1 Å². The number of sulfone groups is 1. The average Bonchev–Trinajstić information content (AvgIpc) is 2.52. The third-order valence-electron chi connectivity index (χ3n) is 3.54. The second kappa shape index (κ2) is 5.45. The van der Waals surface area contributed by atoms with E-state index in [4.69, 9.17) is 5.26 Å². The lowest BCUT2D eigenvalue weighted by molar-refractivity contribution is 0.103. The van der Waals surface area contributed by atoms with Gasteiger partial charge in [-0.15, -0.1) is 0 Å². The molecule has 2 aromatic rings. The normalized spacial score (nSPS) is 17.6. The summed E-state index contributed by atoms with van der Waals surface area (Å²) in [5.74, 6) is -1.95. The maximum Gasteiger partial charge on any atom is 0.191 e. The third kappa shape index (κ3) is 2.67. The molecule has 1 aliphatic rings. The van der Waals surface area contributed by atoms with Crippen LogP contribution in [-0.4, -0.2) is 20.0 Å². The minimum Gasteiger partial charge on any atom is -0.289 e. The van der Waals surface area contributed by atoms with Gasteiger partial charge in [-0.1, -0.05) is 18.2 Å². The van der Waals surface area contributed by atoms with Crippen LogP contribution in [-0.2, 0) is 9.84 Å². The van der Waals surface area contributed by atoms with Crippen molar-refractivity contribution >= 4 is 21.7 Å². The zero-order valence-electron chi connectivity index (χ0n) is 11.8. The number of benzene rings is 2. The smallest absolute Gasteiger partial charge is 0.191 e. The van der Waals surface area contributed by atoms with Crippen LogP contribution in [0.3, 0.4) is 0 Å². The van der Waals surface area contributed by atoms with Crippen molar-refractivity contribution in [2.45, 2.75) is 4.90 Å². The highest BCUT2D eigenvalue weighted by Crippen LogP contribution is 2.30. The Morgan fingerprint density at radius 1 is 1.13 bits per heavy atom. The molecule has 23 heavy (non-hydrogen) atoms. The van der Waals surface area contributed by atoms with Crippen LogP contribution in [0.25, 0.3) is 6.08 Å². The van der Waals surface area contributed by atoms with E-state index in [2.05, 4.69) is 0 Å². The Hall–Kier alpha value is -2.78. The molecule has 0 aromatic heterocycles. The molecule has 0 saturated heterocycles. The van der Waals surface area contributed by atoms with Gasteiger partial charge in [-0.3, -0.25) is 4.79 Å². The number of carbonyl (C=O) groups excluding carboxylic acids is 1. The molecule has 0 N–H and O–H groups in total. The van der Waals surface area contributed by atoms with E-state index in [0.717, 1.165) is 6.07 Å². The SMILES string of the molecule is N#Cc1ccc(C=C2CS(=O)(=O)c3c(F)cccc3C2=O)cc1. The van der Waals surface area contributed by atoms with Gasteiger partial charge < -0.3 is 0 Å². The van der Waals surface area contributed by atoms with E-state index in [9.17, 15) is 17.6 Å².